The Bertz CT molecular complexity index is 152. The van der Waals surface area contributed by atoms with Crippen LogP contribution >= 0.6 is 0 Å². The normalized spacial score (nSPS) is 13.2. The number of hydrogen-bond donors (Lipinski definition) is 0. The van der Waals surface area contributed by atoms with Gasteiger partial charge in [0.05, 0.1) is 0 Å². The minimum Gasteiger partial charge on any atom is -1.00 e. The maximum absolute atomic E-state index is 2.93. The summed E-state index contributed by atoms with van der Waals surface area (Å²) in [6.45, 7) is 2.06. The first-order valence-electron chi connectivity index (χ1n) is 2.32. The van der Waals surface area contributed by atoms with E-state index in [2.05, 4.69) is 12.7 Å². The Morgan fingerprint density at radius 2 is 2.00 bits per heavy atom. The van der Waals surface area contributed by atoms with Gasteiger partial charge in [-0.25, -0.2) is 0 Å². The van der Waals surface area contributed by atoms with Crippen LogP contribution in [-0.4, -0.2) is 0 Å². The summed E-state index contributed by atoms with van der Waals surface area (Å²) in [4.78, 5) is 0. The summed E-state index contributed by atoms with van der Waals surface area (Å²) in [5.41, 5.74) is 4.22. The predicted octanol–water partition coefficient (Wildman–Crippen LogP) is -1.14. The molecule has 0 heterocycles. The monoisotopic (exact) mass is 234 g/mol. The van der Waals surface area contributed by atoms with E-state index < -0.39 is 0 Å². The molecule has 0 nitrogen and oxygen atoms in total. The second kappa shape index (κ2) is 6.48. The topological polar surface area (TPSA) is 0 Å². The fourth-order valence-electron chi connectivity index (χ4n) is 0.470. The van der Waals surface area contributed by atoms with Gasteiger partial charge in [0.25, 0.3) is 0 Å². The van der Waals surface area contributed by atoms with Crippen LogP contribution in [-0.2, 0) is 19.5 Å². The van der Waals surface area contributed by atoms with E-state index >= 15 is 0 Å². The second-order valence-corrected chi connectivity index (χ2v) is 1.58. The van der Waals surface area contributed by atoms with Crippen LogP contribution in [0.4, 0.5) is 0 Å². The van der Waals surface area contributed by atoms with Crippen molar-refractivity contribution in [3.63, 3.8) is 0 Å². The molecule has 0 amide bonds. The van der Waals surface area contributed by atoms with Gasteiger partial charge in [-0.2, -0.15) is 0 Å². The third kappa shape index (κ3) is 4.84. The molecular weight excluding hydrogens is 229 g/mol. The van der Waals surface area contributed by atoms with Gasteiger partial charge >= 0.3 is 0 Å². The molecule has 0 atom stereocenters. The fraction of sp³-hybridized carbons (Fsp3) is 0.143. The summed E-state index contributed by atoms with van der Waals surface area (Å²) in [5.74, 6) is 0. The summed E-state index contributed by atoms with van der Waals surface area (Å²) in [6, 6.07) is 0. The van der Waals surface area contributed by atoms with Crippen LogP contribution in [0.3, 0.4) is 0 Å². The molecule has 1 rings (SSSR count). The minimum atomic E-state index is 0. The van der Waals surface area contributed by atoms with Crippen molar-refractivity contribution < 1.29 is 36.5 Å². The molecule has 2 heteroatoms. The van der Waals surface area contributed by atoms with Crippen LogP contribution in [0.25, 0.3) is 0 Å². The maximum atomic E-state index is 2.93. The van der Waals surface area contributed by atoms with Crippen molar-refractivity contribution in [1.82, 2.24) is 0 Å². The molecule has 0 aromatic rings. The second-order valence-electron chi connectivity index (χ2n) is 1.58. The Morgan fingerprint density at radius 1 is 1.33 bits per heavy atom. The first-order valence-corrected chi connectivity index (χ1v) is 2.32. The molecule has 0 N–H and O–H groups in total. The summed E-state index contributed by atoms with van der Waals surface area (Å²) in [7, 11) is 0. The molecule has 0 aromatic carbocycles. The molecule has 45 valence electrons. The molecule has 0 aliphatic heterocycles. The van der Waals surface area contributed by atoms with E-state index in [1.807, 2.05) is 24.6 Å². The zero-order valence-electron chi connectivity index (χ0n) is 5.39. The van der Waals surface area contributed by atoms with Gasteiger partial charge in [0.2, 0.25) is 0 Å². The Morgan fingerprint density at radius 3 is 2.22 bits per heavy atom. The molecule has 9 heavy (non-hydrogen) atoms. The van der Waals surface area contributed by atoms with Gasteiger partial charge in [-0.15, -0.1) is 5.73 Å². The Labute approximate surface area is 79.3 Å². The summed E-state index contributed by atoms with van der Waals surface area (Å²) in [5, 5.41) is 0. The first kappa shape index (κ1) is 12.1. The van der Waals surface area contributed by atoms with Gasteiger partial charge in [-0.05, 0) is 19.1 Å². The van der Waals surface area contributed by atoms with Crippen LogP contribution in [0.15, 0.2) is 29.5 Å². The van der Waals surface area contributed by atoms with Crippen LogP contribution in [0.1, 0.15) is 6.92 Å². The SMILES string of the molecule is CC1=CC=C=C[CH]1.[Br-].[Zn]. The van der Waals surface area contributed by atoms with Crippen molar-refractivity contribution in [2.45, 2.75) is 6.92 Å². The van der Waals surface area contributed by atoms with E-state index in [4.69, 9.17) is 0 Å². The molecule has 0 fully saturated rings. The quantitative estimate of drug-likeness (QED) is 0.369. The van der Waals surface area contributed by atoms with E-state index in [-0.39, 0.29) is 36.5 Å². The zero-order valence-corrected chi connectivity index (χ0v) is 9.95. The Kier molecular flexibility index (Phi) is 8.70. The van der Waals surface area contributed by atoms with Gasteiger partial charge in [-0.1, -0.05) is 11.6 Å². The van der Waals surface area contributed by atoms with E-state index in [9.17, 15) is 0 Å². The molecule has 1 aliphatic rings. The standard InChI is InChI=1S/C7H7.BrH.Zn/c1-7-5-3-2-4-6-7;;/h3-6H,1H3;1H;/p-1. The third-order valence-corrected chi connectivity index (χ3v) is 0.885. The first-order chi connectivity index (χ1) is 3.39. The van der Waals surface area contributed by atoms with Crippen molar-refractivity contribution in [3.05, 3.63) is 36.0 Å². The van der Waals surface area contributed by atoms with E-state index in [1.165, 1.54) is 5.57 Å². The van der Waals surface area contributed by atoms with E-state index in [1.54, 1.807) is 0 Å². The van der Waals surface area contributed by atoms with Crippen LogP contribution in [0.5, 0.6) is 0 Å². The average Bonchev–Trinajstić information content (AvgIpc) is 1.69. The Hall–Kier alpha value is 0.363. The van der Waals surface area contributed by atoms with Crippen molar-refractivity contribution >= 4 is 0 Å². The summed E-state index contributed by atoms with van der Waals surface area (Å²) in [6.07, 6.45) is 7.88. The van der Waals surface area contributed by atoms with Crippen LogP contribution in [0.2, 0.25) is 0 Å². The Balaban J connectivity index is 0. The van der Waals surface area contributed by atoms with E-state index in [0.29, 0.717) is 0 Å². The molecule has 1 radical (unpaired) electrons. The molecule has 0 saturated carbocycles. The molecule has 0 aromatic heterocycles. The number of halogens is 1. The fourth-order valence-corrected chi connectivity index (χ4v) is 0.470. The van der Waals surface area contributed by atoms with Gasteiger partial charge < -0.3 is 17.0 Å². The molecule has 0 unspecified atom stereocenters. The van der Waals surface area contributed by atoms with E-state index in [0.717, 1.165) is 0 Å². The number of hydrogen-bond acceptors (Lipinski definition) is 0. The molecule has 0 spiro atoms. The van der Waals surface area contributed by atoms with Gasteiger partial charge in [0.1, 0.15) is 0 Å². The minimum absolute atomic E-state index is 0. The molecule has 0 bridgehead atoms. The van der Waals surface area contributed by atoms with Gasteiger partial charge in [-0.3, -0.25) is 0 Å². The smallest absolute Gasteiger partial charge is 0.0160 e. The zero-order chi connectivity index (χ0) is 5.11. The number of rotatable bonds is 0. The van der Waals surface area contributed by atoms with Crippen molar-refractivity contribution in [2.24, 2.45) is 0 Å². The predicted molar refractivity (Wildman–Crippen MR) is 30.7 cm³/mol. The molecule has 1 aliphatic carbocycles. The average molecular weight is 236 g/mol. The molecule has 0 saturated heterocycles. The van der Waals surface area contributed by atoms with Crippen molar-refractivity contribution in [1.29, 1.82) is 0 Å². The largest absolute Gasteiger partial charge is 1.00 e. The maximum Gasteiger partial charge on any atom is 0.0160 e. The number of allylic oxidation sites excluding steroid dienone is 3. The summed E-state index contributed by atoms with van der Waals surface area (Å²) < 4.78 is 0. The van der Waals surface area contributed by atoms with Crippen LogP contribution in [0, 0.1) is 6.42 Å². The van der Waals surface area contributed by atoms with Gasteiger partial charge in [0, 0.05) is 25.9 Å². The third-order valence-electron chi connectivity index (χ3n) is 0.885. The summed E-state index contributed by atoms with van der Waals surface area (Å²) >= 11 is 0. The van der Waals surface area contributed by atoms with Crippen molar-refractivity contribution in [2.75, 3.05) is 0 Å². The van der Waals surface area contributed by atoms with Crippen LogP contribution < -0.4 is 17.0 Å². The van der Waals surface area contributed by atoms with Crippen molar-refractivity contribution in [3.8, 4) is 0 Å². The molecular formula is C7H7BrZn-. The van der Waals surface area contributed by atoms with Gasteiger partial charge in [0.15, 0.2) is 0 Å².